The largest absolute Gasteiger partial charge is 0.312 e. The highest BCUT2D eigenvalue weighted by molar-refractivity contribution is 7.15. The summed E-state index contributed by atoms with van der Waals surface area (Å²) in [6.45, 7) is 2.42. The zero-order chi connectivity index (χ0) is 17.4. The van der Waals surface area contributed by atoms with Gasteiger partial charge in [-0.1, -0.05) is 24.3 Å². The molecule has 1 unspecified atom stereocenters. The average molecular weight is 356 g/mol. The van der Waals surface area contributed by atoms with E-state index in [9.17, 15) is 9.59 Å². The van der Waals surface area contributed by atoms with Gasteiger partial charge in [0.25, 0.3) is 0 Å². The Balaban J connectivity index is 1.45. The van der Waals surface area contributed by atoms with E-state index in [-0.39, 0.29) is 24.2 Å². The topological polar surface area (TPSA) is 75.2 Å². The number of nitrogens with one attached hydrogen (secondary N) is 1. The molecule has 1 aromatic heterocycles. The van der Waals surface area contributed by atoms with Crippen LogP contribution in [0.4, 0.5) is 10.8 Å². The minimum Gasteiger partial charge on any atom is -0.312 e. The van der Waals surface area contributed by atoms with Crippen LogP contribution < -0.4 is 10.2 Å². The molecule has 2 heterocycles. The van der Waals surface area contributed by atoms with Crippen molar-refractivity contribution in [1.82, 2.24) is 10.2 Å². The monoisotopic (exact) mass is 356 g/mol. The molecule has 130 valence electrons. The minimum absolute atomic E-state index is 0.00427. The lowest BCUT2D eigenvalue weighted by atomic mass is 10.1. The fraction of sp³-hybridized carbons (Fsp3) is 0.444. The molecular weight excluding hydrogens is 336 g/mol. The molecule has 1 N–H and O–H groups in total. The summed E-state index contributed by atoms with van der Waals surface area (Å²) in [4.78, 5) is 26.6. The SMILES string of the molecule is CCc1nnc(NC(=O)C2CC(=O)N(c3ccc4c(c3)CCC4)C2)s1. The quantitative estimate of drug-likeness (QED) is 0.914. The Hall–Kier alpha value is -2.28. The molecule has 1 saturated heterocycles. The fourth-order valence-electron chi connectivity index (χ4n) is 3.51. The van der Waals surface area contributed by atoms with Crippen molar-refractivity contribution in [1.29, 1.82) is 0 Å². The van der Waals surface area contributed by atoms with Crippen molar-refractivity contribution >= 4 is 34.0 Å². The van der Waals surface area contributed by atoms with Crippen molar-refractivity contribution in [3.05, 3.63) is 34.3 Å². The van der Waals surface area contributed by atoms with Gasteiger partial charge in [-0.05, 0) is 48.9 Å². The molecule has 0 spiro atoms. The molecule has 1 aromatic carbocycles. The molecular formula is C18H20N4O2S. The number of anilines is 2. The Labute approximate surface area is 150 Å². The smallest absolute Gasteiger partial charge is 0.231 e. The number of hydrogen-bond donors (Lipinski definition) is 1. The van der Waals surface area contributed by atoms with E-state index in [4.69, 9.17) is 0 Å². The lowest BCUT2D eigenvalue weighted by Gasteiger charge is -2.17. The predicted molar refractivity (Wildman–Crippen MR) is 96.8 cm³/mol. The third kappa shape index (κ3) is 3.16. The van der Waals surface area contributed by atoms with E-state index in [1.165, 1.54) is 28.9 Å². The molecule has 6 nitrogen and oxygen atoms in total. The molecule has 1 aliphatic carbocycles. The van der Waals surface area contributed by atoms with Crippen LogP contribution in [0.25, 0.3) is 0 Å². The third-order valence-corrected chi connectivity index (χ3v) is 5.87. The van der Waals surface area contributed by atoms with Gasteiger partial charge in [-0.25, -0.2) is 0 Å². The first-order valence-corrected chi connectivity index (χ1v) is 9.51. The van der Waals surface area contributed by atoms with Crippen LogP contribution in [-0.2, 0) is 28.9 Å². The number of fused-ring (bicyclic) bond motifs is 1. The number of hydrogen-bond acceptors (Lipinski definition) is 5. The van der Waals surface area contributed by atoms with Crippen LogP contribution in [0.1, 0.15) is 35.9 Å². The van der Waals surface area contributed by atoms with Crippen molar-refractivity contribution < 1.29 is 9.59 Å². The Morgan fingerprint density at radius 1 is 1.32 bits per heavy atom. The maximum Gasteiger partial charge on any atom is 0.231 e. The van der Waals surface area contributed by atoms with E-state index in [0.717, 1.165) is 30.0 Å². The van der Waals surface area contributed by atoms with Gasteiger partial charge in [0.1, 0.15) is 5.01 Å². The summed E-state index contributed by atoms with van der Waals surface area (Å²) >= 11 is 1.38. The Kier molecular flexibility index (Phi) is 4.25. The highest BCUT2D eigenvalue weighted by Gasteiger charge is 2.35. The van der Waals surface area contributed by atoms with E-state index >= 15 is 0 Å². The minimum atomic E-state index is -0.352. The van der Waals surface area contributed by atoms with Crippen molar-refractivity contribution in [3.8, 4) is 0 Å². The maximum absolute atomic E-state index is 12.5. The van der Waals surface area contributed by atoms with Crippen LogP contribution in [-0.4, -0.2) is 28.6 Å². The predicted octanol–water partition coefficient (Wildman–Crippen LogP) is 2.58. The zero-order valence-corrected chi connectivity index (χ0v) is 14.9. The first-order valence-electron chi connectivity index (χ1n) is 8.69. The lowest BCUT2D eigenvalue weighted by Crippen LogP contribution is -2.28. The van der Waals surface area contributed by atoms with Crippen LogP contribution in [0.15, 0.2) is 18.2 Å². The fourth-order valence-corrected chi connectivity index (χ4v) is 4.20. The average Bonchev–Trinajstić information content (AvgIpc) is 3.33. The molecule has 2 aromatic rings. The molecule has 4 rings (SSSR count). The third-order valence-electron chi connectivity index (χ3n) is 4.89. The highest BCUT2D eigenvalue weighted by atomic mass is 32.1. The van der Waals surface area contributed by atoms with Crippen LogP contribution in [0.2, 0.25) is 0 Å². The molecule has 0 saturated carbocycles. The van der Waals surface area contributed by atoms with Crippen LogP contribution in [0, 0.1) is 5.92 Å². The van der Waals surface area contributed by atoms with Gasteiger partial charge in [-0.2, -0.15) is 0 Å². The van der Waals surface area contributed by atoms with E-state index in [0.29, 0.717) is 11.7 Å². The van der Waals surface area contributed by atoms with E-state index in [2.05, 4.69) is 27.6 Å². The molecule has 0 radical (unpaired) electrons. The van der Waals surface area contributed by atoms with E-state index in [1.807, 2.05) is 13.0 Å². The van der Waals surface area contributed by atoms with Gasteiger partial charge in [0.2, 0.25) is 16.9 Å². The summed E-state index contributed by atoms with van der Waals surface area (Å²) in [7, 11) is 0. The van der Waals surface area contributed by atoms with Gasteiger partial charge in [0.15, 0.2) is 0 Å². The molecule has 25 heavy (non-hydrogen) atoms. The number of aryl methyl sites for hydroxylation is 3. The summed E-state index contributed by atoms with van der Waals surface area (Å²) in [5.41, 5.74) is 3.62. The van der Waals surface area contributed by atoms with Gasteiger partial charge < -0.3 is 10.2 Å². The first kappa shape index (κ1) is 16.2. The number of aromatic nitrogens is 2. The summed E-state index contributed by atoms with van der Waals surface area (Å²) < 4.78 is 0. The number of amides is 2. The van der Waals surface area contributed by atoms with Crippen molar-refractivity contribution in [3.63, 3.8) is 0 Å². The maximum atomic E-state index is 12.5. The van der Waals surface area contributed by atoms with Gasteiger partial charge >= 0.3 is 0 Å². The van der Waals surface area contributed by atoms with Crippen LogP contribution >= 0.6 is 11.3 Å². The molecule has 1 atom stereocenters. The molecule has 1 fully saturated rings. The number of carbonyl (C=O) groups is 2. The number of benzene rings is 1. The van der Waals surface area contributed by atoms with Gasteiger partial charge in [-0.15, -0.1) is 10.2 Å². The second kappa shape index (κ2) is 6.55. The van der Waals surface area contributed by atoms with Gasteiger partial charge in [0.05, 0.1) is 5.92 Å². The lowest BCUT2D eigenvalue weighted by molar-refractivity contribution is -0.122. The number of nitrogens with zero attached hydrogens (tertiary/aromatic N) is 3. The second-order valence-corrected chi connectivity index (χ2v) is 7.62. The molecule has 0 bridgehead atoms. The highest BCUT2D eigenvalue weighted by Crippen LogP contribution is 2.31. The van der Waals surface area contributed by atoms with Crippen molar-refractivity contribution in [2.45, 2.75) is 39.0 Å². The second-order valence-electron chi connectivity index (χ2n) is 6.56. The van der Waals surface area contributed by atoms with Crippen LogP contribution in [0.3, 0.4) is 0 Å². The molecule has 2 aliphatic rings. The zero-order valence-electron chi connectivity index (χ0n) is 14.1. The Morgan fingerprint density at radius 2 is 2.16 bits per heavy atom. The standard InChI is InChI=1S/C18H20N4O2S/c1-2-15-20-21-18(25-15)19-17(24)13-9-16(23)22(10-13)14-7-6-11-4-3-5-12(11)8-14/h6-8,13H,2-5,9-10H2,1H3,(H,19,21,24). The van der Waals surface area contributed by atoms with Gasteiger partial charge in [-0.3, -0.25) is 9.59 Å². The van der Waals surface area contributed by atoms with Crippen LogP contribution in [0.5, 0.6) is 0 Å². The molecule has 1 aliphatic heterocycles. The number of rotatable bonds is 4. The van der Waals surface area contributed by atoms with Crippen molar-refractivity contribution in [2.75, 3.05) is 16.8 Å². The normalized spacial score (nSPS) is 19.3. The van der Waals surface area contributed by atoms with Crippen molar-refractivity contribution in [2.24, 2.45) is 5.92 Å². The Morgan fingerprint density at radius 3 is 2.96 bits per heavy atom. The summed E-state index contributed by atoms with van der Waals surface area (Å²) in [5, 5.41) is 12.2. The summed E-state index contributed by atoms with van der Waals surface area (Å²) in [6, 6.07) is 6.23. The summed E-state index contributed by atoms with van der Waals surface area (Å²) in [6.07, 6.45) is 4.41. The molecule has 7 heteroatoms. The summed E-state index contributed by atoms with van der Waals surface area (Å²) in [5.74, 6) is -0.504. The molecule has 2 amide bonds. The van der Waals surface area contributed by atoms with E-state index in [1.54, 1.807) is 4.90 Å². The number of carbonyl (C=O) groups excluding carboxylic acids is 2. The van der Waals surface area contributed by atoms with Gasteiger partial charge in [0, 0.05) is 18.7 Å². The Bertz CT molecular complexity index is 832. The first-order chi connectivity index (χ1) is 12.1. The van der Waals surface area contributed by atoms with E-state index < -0.39 is 0 Å².